The van der Waals surface area contributed by atoms with E-state index >= 15 is 0 Å². The Kier molecular flexibility index (Phi) is 3.21. The van der Waals surface area contributed by atoms with Crippen LogP contribution in [0, 0.1) is 11.8 Å². The van der Waals surface area contributed by atoms with Gasteiger partial charge in [-0.25, -0.2) is 0 Å². The molecule has 2 aliphatic carbocycles. The molecule has 0 aromatic carbocycles. The zero-order valence-electron chi connectivity index (χ0n) is 10.3. The summed E-state index contributed by atoms with van der Waals surface area (Å²) in [6.45, 7) is 2.75. The summed E-state index contributed by atoms with van der Waals surface area (Å²) in [6, 6.07) is 0.798. The summed E-state index contributed by atoms with van der Waals surface area (Å²) >= 11 is 0. The molecule has 3 aliphatic rings. The van der Waals surface area contributed by atoms with Gasteiger partial charge in [0.1, 0.15) is 0 Å². The molecule has 2 nitrogen and oxygen atoms in total. The number of aliphatic hydroxyl groups is 1. The van der Waals surface area contributed by atoms with Gasteiger partial charge in [0, 0.05) is 12.3 Å². The lowest BCUT2D eigenvalue weighted by molar-refractivity contribution is -0.936. The standard InChI is InChI=1S/C14H25NO/c16-14-11-5-4-6-12(14)13(8-7-11)15-9-2-1-3-10-15/h11-14,16H,1-10H2/p+1/t11-,12+,13-,14-/m1/s1. The molecule has 2 N–H and O–H groups in total. The number of quaternary nitrogens is 1. The second kappa shape index (κ2) is 4.66. The van der Waals surface area contributed by atoms with E-state index in [0.717, 1.165) is 6.04 Å². The van der Waals surface area contributed by atoms with Crippen LogP contribution in [0.25, 0.3) is 0 Å². The van der Waals surface area contributed by atoms with Gasteiger partial charge >= 0.3 is 0 Å². The molecule has 3 rings (SSSR count). The van der Waals surface area contributed by atoms with Crippen LogP contribution in [0.2, 0.25) is 0 Å². The van der Waals surface area contributed by atoms with Gasteiger partial charge < -0.3 is 10.0 Å². The molecule has 0 aromatic rings. The lowest BCUT2D eigenvalue weighted by Gasteiger charge is -2.47. The van der Waals surface area contributed by atoms with Crippen LogP contribution < -0.4 is 4.90 Å². The van der Waals surface area contributed by atoms with E-state index in [-0.39, 0.29) is 6.10 Å². The fourth-order valence-corrected chi connectivity index (χ4v) is 4.55. The van der Waals surface area contributed by atoms with Gasteiger partial charge in [0.05, 0.1) is 25.2 Å². The molecule has 16 heavy (non-hydrogen) atoms. The highest BCUT2D eigenvalue weighted by atomic mass is 16.3. The minimum absolute atomic E-state index is 0.0435. The van der Waals surface area contributed by atoms with E-state index in [4.69, 9.17) is 0 Å². The lowest BCUT2D eigenvalue weighted by Crippen LogP contribution is -3.17. The summed E-state index contributed by atoms with van der Waals surface area (Å²) in [6.07, 6.45) is 11.0. The van der Waals surface area contributed by atoms with Crippen LogP contribution in [0.5, 0.6) is 0 Å². The van der Waals surface area contributed by atoms with Crippen LogP contribution >= 0.6 is 0 Å². The van der Waals surface area contributed by atoms with Crippen LogP contribution in [0.3, 0.4) is 0 Å². The van der Waals surface area contributed by atoms with E-state index in [1.807, 2.05) is 4.90 Å². The van der Waals surface area contributed by atoms with E-state index in [1.165, 1.54) is 64.5 Å². The Morgan fingerprint density at radius 2 is 1.62 bits per heavy atom. The Morgan fingerprint density at radius 3 is 2.44 bits per heavy atom. The number of rotatable bonds is 1. The first-order valence-electron chi connectivity index (χ1n) is 7.39. The fraction of sp³-hybridized carbons (Fsp3) is 1.00. The Balaban J connectivity index is 1.69. The fourth-order valence-electron chi connectivity index (χ4n) is 4.55. The molecule has 0 spiro atoms. The third-order valence-corrected chi connectivity index (χ3v) is 5.42. The molecule has 0 aromatic heterocycles. The molecular weight excluding hydrogens is 198 g/mol. The second-order valence-corrected chi connectivity index (χ2v) is 6.25. The molecular formula is C14H26NO+. The van der Waals surface area contributed by atoms with Crippen molar-refractivity contribution in [2.75, 3.05) is 13.1 Å². The Hall–Kier alpha value is -0.0800. The molecule has 1 saturated heterocycles. The molecule has 4 atom stereocenters. The zero-order valence-corrected chi connectivity index (χ0v) is 10.3. The highest BCUT2D eigenvalue weighted by Gasteiger charge is 2.45. The summed E-state index contributed by atoms with van der Waals surface area (Å²) in [5.74, 6) is 1.29. The smallest absolute Gasteiger partial charge is 0.0928 e. The maximum Gasteiger partial charge on any atom is 0.0928 e. The van der Waals surface area contributed by atoms with Gasteiger partial charge in [-0.3, -0.25) is 0 Å². The lowest BCUT2D eigenvalue weighted by atomic mass is 9.67. The van der Waals surface area contributed by atoms with Crippen LogP contribution in [0.15, 0.2) is 0 Å². The van der Waals surface area contributed by atoms with Crippen LogP contribution in [0.4, 0.5) is 0 Å². The maximum absolute atomic E-state index is 10.4. The average Bonchev–Trinajstić information content (AvgIpc) is 2.30. The predicted molar refractivity (Wildman–Crippen MR) is 64.4 cm³/mol. The topological polar surface area (TPSA) is 24.7 Å². The van der Waals surface area contributed by atoms with Crippen molar-refractivity contribution in [1.29, 1.82) is 0 Å². The van der Waals surface area contributed by atoms with Crippen LogP contribution in [-0.2, 0) is 0 Å². The number of aliphatic hydroxyl groups excluding tert-OH is 1. The van der Waals surface area contributed by atoms with Crippen molar-refractivity contribution >= 4 is 0 Å². The van der Waals surface area contributed by atoms with Crippen molar-refractivity contribution in [3.8, 4) is 0 Å². The largest absolute Gasteiger partial charge is 0.392 e. The molecule has 0 unspecified atom stereocenters. The summed E-state index contributed by atoms with van der Waals surface area (Å²) in [5, 5.41) is 10.4. The molecule has 1 aliphatic heterocycles. The molecule has 2 bridgehead atoms. The second-order valence-electron chi connectivity index (χ2n) is 6.25. The predicted octanol–water partition coefficient (Wildman–Crippen LogP) is 0.995. The van der Waals surface area contributed by atoms with Gasteiger partial charge in [0.25, 0.3) is 0 Å². The number of hydrogen-bond acceptors (Lipinski definition) is 1. The number of piperidine rings is 1. The van der Waals surface area contributed by atoms with Crippen molar-refractivity contribution in [1.82, 2.24) is 0 Å². The van der Waals surface area contributed by atoms with E-state index in [1.54, 1.807) is 0 Å². The Morgan fingerprint density at radius 1 is 0.812 bits per heavy atom. The molecule has 92 valence electrons. The van der Waals surface area contributed by atoms with Gasteiger partial charge in [0.2, 0.25) is 0 Å². The van der Waals surface area contributed by atoms with Gasteiger partial charge in [-0.1, -0.05) is 6.42 Å². The molecule has 0 radical (unpaired) electrons. The number of hydrogen-bond donors (Lipinski definition) is 2. The Labute approximate surface area is 99.0 Å². The highest BCUT2D eigenvalue weighted by Crippen LogP contribution is 2.39. The van der Waals surface area contributed by atoms with Gasteiger partial charge in [-0.2, -0.15) is 0 Å². The molecule has 3 fully saturated rings. The van der Waals surface area contributed by atoms with E-state index in [2.05, 4.69) is 0 Å². The molecule has 2 saturated carbocycles. The first kappa shape index (κ1) is 11.0. The van der Waals surface area contributed by atoms with Crippen LogP contribution in [0.1, 0.15) is 51.4 Å². The minimum atomic E-state index is 0.0435. The van der Waals surface area contributed by atoms with Crippen molar-refractivity contribution < 1.29 is 10.0 Å². The van der Waals surface area contributed by atoms with Gasteiger partial charge in [-0.05, 0) is 44.4 Å². The number of fused-ring (bicyclic) bond motifs is 2. The normalized spacial score (nSPS) is 45.6. The average molecular weight is 224 g/mol. The summed E-state index contributed by atoms with van der Waals surface area (Å²) < 4.78 is 0. The third-order valence-electron chi connectivity index (χ3n) is 5.42. The molecule has 2 heteroatoms. The van der Waals surface area contributed by atoms with Crippen molar-refractivity contribution in [3.05, 3.63) is 0 Å². The van der Waals surface area contributed by atoms with E-state index in [0.29, 0.717) is 11.8 Å². The SMILES string of the molecule is O[C@@H]1[C@@H]2CCC[C@H]1[C@H]([NH+]1CCCCC1)CC2. The quantitative estimate of drug-likeness (QED) is 0.682. The van der Waals surface area contributed by atoms with Gasteiger partial charge in [-0.15, -0.1) is 0 Å². The zero-order chi connectivity index (χ0) is 11.0. The molecule has 1 heterocycles. The van der Waals surface area contributed by atoms with Gasteiger partial charge in [0.15, 0.2) is 0 Å². The summed E-state index contributed by atoms with van der Waals surface area (Å²) in [5.41, 5.74) is 0. The third kappa shape index (κ3) is 1.91. The van der Waals surface area contributed by atoms with Crippen LogP contribution in [-0.4, -0.2) is 30.3 Å². The summed E-state index contributed by atoms with van der Waals surface area (Å²) in [4.78, 5) is 1.83. The first-order valence-corrected chi connectivity index (χ1v) is 7.39. The van der Waals surface area contributed by atoms with Crippen molar-refractivity contribution in [2.24, 2.45) is 11.8 Å². The Bertz CT molecular complexity index is 237. The maximum atomic E-state index is 10.4. The van der Waals surface area contributed by atoms with Crippen molar-refractivity contribution in [2.45, 2.75) is 63.5 Å². The molecule has 0 amide bonds. The monoisotopic (exact) mass is 224 g/mol. The number of nitrogens with one attached hydrogen (secondary N) is 1. The number of likely N-dealkylation sites (tertiary alicyclic amines) is 1. The van der Waals surface area contributed by atoms with E-state index in [9.17, 15) is 5.11 Å². The highest BCUT2D eigenvalue weighted by molar-refractivity contribution is 4.91. The van der Waals surface area contributed by atoms with E-state index < -0.39 is 0 Å². The summed E-state index contributed by atoms with van der Waals surface area (Å²) in [7, 11) is 0. The minimum Gasteiger partial charge on any atom is -0.392 e. The first-order chi connectivity index (χ1) is 7.86. The van der Waals surface area contributed by atoms with Crippen molar-refractivity contribution in [3.63, 3.8) is 0 Å².